The molecule has 1 aromatic carbocycles. The molecule has 0 fully saturated rings. The van der Waals surface area contributed by atoms with Crippen molar-refractivity contribution in [3.05, 3.63) is 28.8 Å². The summed E-state index contributed by atoms with van der Waals surface area (Å²) in [5, 5.41) is 3.51. The van der Waals surface area contributed by atoms with E-state index in [1.54, 1.807) is 18.2 Å². The standard InChI is InChI=1S/C13H16ClNO2S/c1-5-13(2,3)15-9-10-11(14)7-6-8-12(10)18(4,16)17/h1,6-8,15H,9H2,2-4H3. The summed E-state index contributed by atoms with van der Waals surface area (Å²) in [5.74, 6) is 2.59. The number of hydrogen-bond donors (Lipinski definition) is 1. The minimum Gasteiger partial charge on any atom is -0.297 e. The zero-order valence-corrected chi connectivity index (χ0v) is 12.2. The van der Waals surface area contributed by atoms with Crippen molar-refractivity contribution in [3.8, 4) is 12.3 Å². The zero-order chi connectivity index (χ0) is 14.0. The molecule has 3 nitrogen and oxygen atoms in total. The molecular weight excluding hydrogens is 270 g/mol. The van der Waals surface area contributed by atoms with Crippen LogP contribution < -0.4 is 5.32 Å². The molecule has 0 aliphatic rings. The van der Waals surface area contributed by atoms with Crippen molar-refractivity contribution < 1.29 is 8.42 Å². The van der Waals surface area contributed by atoms with Gasteiger partial charge >= 0.3 is 0 Å². The lowest BCUT2D eigenvalue weighted by molar-refractivity contribution is 0.487. The highest BCUT2D eigenvalue weighted by molar-refractivity contribution is 7.90. The van der Waals surface area contributed by atoms with E-state index < -0.39 is 15.4 Å². The quantitative estimate of drug-likeness (QED) is 0.863. The van der Waals surface area contributed by atoms with E-state index in [1.807, 2.05) is 13.8 Å². The van der Waals surface area contributed by atoms with Crippen LogP contribution in [-0.2, 0) is 16.4 Å². The predicted molar refractivity (Wildman–Crippen MR) is 74.3 cm³/mol. The van der Waals surface area contributed by atoms with Gasteiger partial charge in [-0.1, -0.05) is 23.6 Å². The molecule has 0 spiro atoms. The highest BCUT2D eigenvalue weighted by Gasteiger charge is 2.19. The van der Waals surface area contributed by atoms with Crippen molar-refractivity contribution in [3.63, 3.8) is 0 Å². The van der Waals surface area contributed by atoms with Gasteiger partial charge in [-0.15, -0.1) is 6.42 Å². The summed E-state index contributed by atoms with van der Waals surface area (Å²) < 4.78 is 23.3. The van der Waals surface area contributed by atoms with Gasteiger partial charge in [0.05, 0.1) is 10.4 Å². The largest absolute Gasteiger partial charge is 0.297 e. The van der Waals surface area contributed by atoms with E-state index >= 15 is 0 Å². The van der Waals surface area contributed by atoms with Gasteiger partial charge in [0.1, 0.15) is 0 Å². The van der Waals surface area contributed by atoms with Gasteiger partial charge in [-0.2, -0.15) is 0 Å². The number of nitrogens with one attached hydrogen (secondary N) is 1. The lowest BCUT2D eigenvalue weighted by Crippen LogP contribution is -2.37. The molecule has 0 saturated heterocycles. The summed E-state index contributed by atoms with van der Waals surface area (Å²) in [7, 11) is -3.31. The Morgan fingerprint density at radius 2 is 2.06 bits per heavy atom. The van der Waals surface area contributed by atoms with Crippen LogP contribution in [0.3, 0.4) is 0 Å². The van der Waals surface area contributed by atoms with Crippen LogP contribution >= 0.6 is 11.6 Å². The third kappa shape index (κ3) is 3.74. The average molecular weight is 286 g/mol. The fourth-order valence-electron chi connectivity index (χ4n) is 1.42. The van der Waals surface area contributed by atoms with Crippen LogP contribution in [0.5, 0.6) is 0 Å². The minimum atomic E-state index is -3.31. The average Bonchev–Trinajstić information content (AvgIpc) is 2.26. The van der Waals surface area contributed by atoms with Gasteiger partial charge in [-0.05, 0) is 26.0 Å². The fourth-order valence-corrected chi connectivity index (χ4v) is 2.67. The Morgan fingerprint density at radius 1 is 1.44 bits per heavy atom. The lowest BCUT2D eigenvalue weighted by Gasteiger charge is -2.21. The van der Waals surface area contributed by atoms with E-state index in [4.69, 9.17) is 18.0 Å². The van der Waals surface area contributed by atoms with Crippen molar-refractivity contribution >= 4 is 21.4 Å². The van der Waals surface area contributed by atoms with E-state index in [0.29, 0.717) is 17.1 Å². The summed E-state index contributed by atoms with van der Waals surface area (Å²) in [5.41, 5.74) is 0.0264. The summed E-state index contributed by atoms with van der Waals surface area (Å²) in [4.78, 5) is 0.232. The number of sulfone groups is 1. The molecule has 0 aliphatic carbocycles. The summed E-state index contributed by atoms with van der Waals surface area (Å²) in [6.07, 6.45) is 6.53. The van der Waals surface area contributed by atoms with Crippen molar-refractivity contribution in [2.75, 3.05) is 6.26 Å². The number of terminal acetylenes is 1. The Morgan fingerprint density at radius 3 is 2.56 bits per heavy atom. The summed E-state index contributed by atoms with van der Waals surface area (Å²) >= 11 is 6.05. The molecule has 1 aromatic rings. The second-order valence-corrected chi connectivity index (χ2v) is 7.00. The van der Waals surface area contributed by atoms with Crippen LogP contribution in [0.25, 0.3) is 0 Å². The molecule has 1 N–H and O–H groups in total. The first-order chi connectivity index (χ1) is 8.17. The third-order valence-corrected chi connectivity index (χ3v) is 4.08. The summed E-state index contributed by atoms with van der Waals surface area (Å²) in [6, 6.07) is 4.83. The molecule has 0 heterocycles. The lowest BCUT2D eigenvalue weighted by atomic mass is 10.1. The van der Waals surface area contributed by atoms with Gasteiger partial charge in [0, 0.05) is 23.4 Å². The first kappa shape index (κ1) is 15.0. The van der Waals surface area contributed by atoms with Gasteiger partial charge in [0.25, 0.3) is 0 Å². The molecule has 1 rings (SSSR count). The SMILES string of the molecule is C#CC(C)(C)NCc1c(Cl)cccc1S(C)(=O)=O. The van der Waals surface area contributed by atoms with Gasteiger partial charge in [0.2, 0.25) is 0 Å². The second-order valence-electron chi connectivity index (χ2n) is 4.61. The molecular formula is C13H16ClNO2S. The Bertz CT molecular complexity index is 585. The van der Waals surface area contributed by atoms with Crippen LogP contribution in [0.2, 0.25) is 5.02 Å². The highest BCUT2D eigenvalue weighted by Crippen LogP contribution is 2.24. The van der Waals surface area contributed by atoms with E-state index in [1.165, 1.54) is 0 Å². The molecule has 0 unspecified atom stereocenters. The monoisotopic (exact) mass is 285 g/mol. The van der Waals surface area contributed by atoms with Crippen LogP contribution in [0.15, 0.2) is 23.1 Å². The van der Waals surface area contributed by atoms with Crippen molar-refractivity contribution in [1.29, 1.82) is 0 Å². The molecule has 0 amide bonds. The van der Waals surface area contributed by atoms with E-state index in [-0.39, 0.29) is 4.90 Å². The molecule has 5 heteroatoms. The molecule has 0 bridgehead atoms. The molecule has 0 atom stereocenters. The number of rotatable bonds is 4. The van der Waals surface area contributed by atoms with Crippen molar-refractivity contribution in [1.82, 2.24) is 5.32 Å². The number of halogens is 1. The predicted octanol–water partition coefficient (Wildman–Crippen LogP) is 2.24. The van der Waals surface area contributed by atoms with Crippen molar-refractivity contribution in [2.45, 2.75) is 30.8 Å². The Balaban J connectivity index is 3.14. The maximum absolute atomic E-state index is 11.7. The van der Waals surface area contributed by atoms with Crippen LogP contribution in [0.4, 0.5) is 0 Å². The highest BCUT2D eigenvalue weighted by atomic mass is 35.5. The molecule has 98 valence electrons. The van der Waals surface area contributed by atoms with Crippen LogP contribution in [0, 0.1) is 12.3 Å². The molecule has 0 aromatic heterocycles. The normalized spacial score (nSPS) is 12.2. The van der Waals surface area contributed by atoms with Gasteiger partial charge in [-0.25, -0.2) is 8.42 Å². The zero-order valence-electron chi connectivity index (χ0n) is 10.6. The minimum absolute atomic E-state index is 0.232. The van der Waals surface area contributed by atoms with E-state index in [9.17, 15) is 8.42 Å². The third-order valence-electron chi connectivity index (χ3n) is 2.54. The molecule has 0 saturated carbocycles. The maximum atomic E-state index is 11.7. The van der Waals surface area contributed by atoms with Crippen molar-refractivity contribution in [2.24, 2.45) is 0 Å². The van der Waals surface area contributed by atoms with E-state index in [2.05, 4.69) is 11.2 Å². The number of benzene rings is 1. The van der Waals surface area contributed by atoms with Gasteiger partial charge in [0.15, 0.2) is 9.84 Å². The maximum Gasteiger partial charge on any atom is 0.175 e. The first-order valence-corrected chi connectivity index (χ1v) is 7.64. The smallest absolute Gasteiger partial charge is 0.175 e. The Kier molecular flexibility index (Phi) is 4.44. The number of hydrogen-bond acceptors (Lipinski definition) is 3. The van der Waals surface area contributed by atoms with Gasteiger partial charge in [-0.3, -0.25) is 5.32 Å². The van der Waals surface area contributed by atoms with Crippen LogP contribution in [0.1, 0.15) is 19.4 Å². The Hall–Kier alpha value is -1.02. The van der Waals surface area contributed by atoms with Gasteiger partial charge < -0.3 is 0 Å². The second kappa shape index (κ2) is 5.31. The fraction of sp³-hybridized carbons (Fsp3) is 0.385. The molecule has 18 heavy (non-hydrogen) atoms. The topological polar surface area (TPSA) is 46.2 Å². The Labute approximate surface area is 113 Å². The summed E-state index contributed by atoms with van der Waals surface area (Å²) in [6.45, 7) is 3.98. The van der Waals surface area contributed by atoms with E-state index in [0.717, 1.165) is 6.26 Å². The molecule has 0 radical (unpaired) electrons. The molecule has 0 aliphatic heterocycles. The first-order valence-electron chi connectivity index (χ1n) is 5.37. The van der Waals surface area contributed by atoms with Crippen LogP contribution in [-0.4, -0.2) is 20.2 Å².